The van der Waals surface area contributed by atoms with Gasteiger partial charge in [-0.25, -0.2) is 4.39 Å². The Balaban J connectivity index is 2.06. The van der Waals surface area contributed by atoms with Crippen LogP contribution in [-0.2, 0) is 6.42 Å². The van der Waals surface area contributed by atoms with Crippen molar-refractivity contribution in [3.8, 4) is 11.5 Å². The molecule has 1 atom stereocenters. The van der Waals surface area contributed by atoms with E-state index in [9.17, 15) is 4.39 Å². The van der Waals surface area contributed by atoms with Gasteiger partial charge >= 0.3 is 0 Å². The number of anilines is 1. The topological polar surface area (TPSA) is 30.5 Å². The molecule has 112 valence electrons. The Labute approximate surface area is 124 Å². The first-order valence-corrected chi connectivity index (χ1v) is 6.86. The number of ether oxygens (including phenoxy) is 2. The van der Waals surface area contributed by atoms with Gasteiger partial charge in [0.1, 0.15) is 5.75 Å². The summed E-state index contributed by atoms with van der Waals surface area (Å²) in [5.41, 5.74) is 1.96. The molecule has 4 heteroatoms. The van der Waals surface area contributed by atoms with Gasteiger partial charge in [-0.1, -0.05) is 18.2 Å². The van der Waals surface area contributed by atoms with Crippen LogP contribution in [-0.4, -0.2) is 20.3 Å². The zero-order chi connectivity index (χ0) is 15.2. The first-order chi connectivity index (χ1) is 10.1. The highest BCUT2D eigenvalue weighted by atomic mass is 19.1. The first-order valence-electron chi connectivity index (χ1n) is 6.86. The van der Waals surface area contributed by atoms with E-state index in [0.717, 1.165) is 23.4 Å². The predicted molar refractivity (Wildman–Crippen MR) is 82.7 cm³/mol. The molecule has 0 aliphatic rings. The second-order valence-electron chi connectivity index (χ2n) is 4.91. The van der Waals surface area contributed by atoms with E-state index in [1.54, 1.807) is 19.2 Å². The Bertz CT molecular complexity index is 601. The maximum Gasteiger partial charge on any atom is 0.165 e. The number of hydrogen-bond donors (Lipinski definition) is 1. The van der Waals surface area contributed by atoms with E-state index >= 15 is 0 Å². The van der Waals surface area contributed by atoms with Crippen LogP contribution in [0.4, 0.5) is 10.1 Å². The summed E-state index contributed by atoms with van der Waals surface area (Å²) in [6.07, 6.45) is 0.809. The van der Waals surface area contributed by atoms with E-state index in [1.165, 1.54) is 13.2 Å². The van der Waals surface area contributed by atoms with Crippen LogP contribution >= 0.6 is 0 Å². The summed E-state index contributed by atoms with van der Waals surface area (Å²) in [7, 11) is 3.13. The second kappa shape index (κ2) is 6.97. The Morgan fingerprint density at radius 3 is 2.48 bits per heavy atom. The Morgan fingerprint density at radius 2 is 1.76 bits per heavy atom. The van der Waals surface area contributed by atoms with Gasteiger partial charge in [0.2, 0.25) is 0 Å². The molecule has 1 N–H and O–H groups in total. The number of halogens is 1. The summed E-state index contributed by atoms with van der Waals surface area (Å²) >= 11 is 0. The number of rotatable bonds is 6. The molecule has 0 aliphatic heterocycles. The molecule has 0 aromatic heterocycles. The molecule has 0 radical (unpaired) electrons. The molecule has 2 rings (SSSR count). The lowest BCUT2D eigenvalue weighted by molar-refractivity contribution is 0.386. The molecular formula is C17H20FNO2. The minimum atomic E-state index is -0.361. The molecule has 1 unspecified atom stereocenters. The van der Waals surface area contributed by atoms with Crippen LogP contribution < -0.4 is 14.8 Å². The molecule has 0 amide bonds. The molecule has 2 aromatic carbocycles. The second-order valence-corrected chi connectivity index (χ2v) is 4.91. The zero-order valence-electron chi connectivity index (χ0n) is 12.5. The summed E-state index contributed by atoms with van der Waals surface area (Å²) in [4.78, 5) is 0. The summed E-state index contributed by atoms with van der Waals surface area (Å²) in [6, 6.07) is 12.9. The summed E-state index contributed by atoms with van der Waals surface area (Å²) in [5, 5.41) is 3.34. The van der Waals surface area contributed by atoms with Crippen molar-refractivity contribution in [1.29, 1.82) is 0 Å². The van der Waals surface area contributed by atoms with Crippen LogP contribution in [0.2, 0.25) is 0 Å². The highest BCUT2D eigenvalue weighted by molar-refractivity contribution is 5.49. The monoisotopic (exact) mass is 289 g/mol. The highest BCUT2D eigenvalue weighted by Crippen LogP contribution is 2.24. The van der Waals surface area contributed by atoms with Crippen LogP contribution in [0.25, 0.3) is 0 Å². The van der Waals surface area contributed by atoms with Crippen LogP contribution in [0.1, 0.15) is 12.5 Å². The Kier molecular flexibility index (Phi) is 5.04. The van der Waals surface area contributed by atoms with Crippen LogP contribution in [0, 0.1) is 5.82 Å². The van der Waals surface area contributed by atoms with Gasteiger partial charge in [-0.15, -0.1) is 0 Å². The molecule has 21 heavy (non-hydrogen) atoms. The molecule has 0 heterocycles. The molecule has 3 nitrogen and oxygen atoms in total. The van der Waals surface area contributed by atoms with Gasteiger partial charge in [-0.3, -0.25) is 0 Å². The minimum absolute atomic E-state index is 0.177. The normalized spacial score (nSPS) is 11.8. The van der Waals surface area contributed by atoms with Crippen LogP contribution in [0.5, 0.6) is 11.5 Å². The van der Waals surface area contributed by atoms with Gasteiger partial charge in [-0.2, -0.15) is 0 Å². The fourth-order valence-electron chi connectivity index (χ4n) is 2.29. The lowest BCUT2D eigenvalue weighted by Crippen LogP contribution is -2.18. The van der Waals surface area contributed by atoms with Crippen molar-refractivity contribution in [3.63, 3.8) is 0 Å². The van der Waals surface area contributed by atoms with Crippen molar-refractivity contribution in [2.75, 3.05) is 19.5 Å². The fourth-order valence-corrected chi connectivity index (χ4v) is 2.29. The van der Waals surface area contributed by atoms with E-state index in [0.29, 0.717) is 0 Å². The molecule has 0 spiro atoms. The smallest absolute Gasteiger partial charge is 0.165 e. The Hall–Kier alpha value is -2.23. The predicted octanol–water partition coefficient (Wildman–Crippen LogP) is 3.89. The SMILES string of the molecule is COc1cc(NC(C)Cc2ccccc2OC)ccc1F. The molecule has 0 bridgehead atoms. The first kappa shape index (κ1) is 15.2. The van der Waals surface area contributed by atoms with E-state index in [-0.39, 0.29) is 17.6 Å². The van der Waals surface area contributed by atoms with Gasteiger partial charge in [0.25, 0.3) is 0 Å². The van der Waals surface area contributed by atoms with Crippen LogP contribution in [0.3, 0.4) is 0 Å². The molecule has 0 saturated heterocycles. The lowest BCUT2D eigenvalue weighted by atomic mass is 10.1. The van der Waals surface area contributed by atoms with Crippen molar-refractivity contribution in [2.45, 2.75) is 19.4 Å². The third-order valence-electron chi connectivity index (χ3n) is 3.28. The summed E-state index contributed by atoms with van der Waals surface area (Å²) in [5.74, 6) is 0.757. The number of para-hydroxylation sites is 1. The van der Waals surface area contributed by atoms with Gasteiger partial charge < -0.3 is 14.8 Å². The van der Waals surface area contributed by atoms with Crippen molar-refractivity contribution in [2.24, 2.45) is 0 Å². The summed E-state index contributed by atoms with van der Waals surface area (Å²) < 4.78 is 23.7. The number of nitrogens with one attached hydrogen (secondary N) is 1. The quantitative estimate of drug-likeness (QED) is 0.875. The standard InChI is InChI=1S/C17H20FNO2/c1-12(10-13-6-4-5-7-16(13)20-2)19-14-8-9-15(18)17(11-14)21-3/h4-9,11-12,19H,10H2,1-3H3. The van der Waals surface area contributed by atoms with Gasteiger partial charge in [0.05, 0.1) is 14.2 Å². The van der Waals surface area contributed by atoms with E-state index in [2.05, 4.69) is 12.2 Å². The van der Waals surface area contributed by atoms with Crippen LogP contribution in [0.15, 0.2) is 42.5 Å². The average Bonchev–Trinajstić information content (AvgIpc) is 2.49. The number of methoxy groups -OCH3 is 2. The Morgan fingerprint density at radius 1 is 1.05 bits per heavy atom. The third kappa shape index (κ3) is 3.88. The summed E-state index contributed by atoms with van der Waals surface area (Å²) in [6.45, 7) is 2.07. The van der Waals surface area contributed by atoms with Crippen molar-refractivity contribution < 1.29 is 13.9 Å². The minimum Gasteiger partial charge on any atom is -0.496 e. The van der Waals surface area contributed by atoms with E-state index < -0.39 is 0 Å². The highest BCUT2D eigenvalue weighted by Gasteiger charge is 2.09. The largest absolute Gasteiger partial charge is 0.496 e. The zero-order valence-corrected chi connectivity index (χ0v) is 12.5. The maximum absolute atomic E-state index is 13.4. The average molecular weight is 289 g/mol. The van der Waals surface area contributed by atoms with Crippen molar-refractivity contribution >= 4 is 5.69 Å². The van der Waals surface area contributed by atoms with Crippen molar-refractivity contribution in [3.05, 3.63) is 53.8 Å². The molecule has 0 saturated carbocycles. The number of benzene rings is 2. The molecule has 2 aromatic rings. The molecule has 0 fully saturated rings. The molecule has 0 aliphatic carbocycles. The van der Waals surface area contributed by atoms with Gasteiger partial charge in [0.15, 0.2) is 11.6 Å². The van der Waals surface area contributed by atoms with Crippen molar-refractivity contribution in [1.82, 2.24) is 0 Å². The molecular weight excluding hydrogens is 269 g/mol. The van der Waals surface area contributed by atoms with E-state index in [1.807, 2.05) is 24.3 Å². The fraction of sp³-hybridized carbons (Fsp3) is 0.294. The van der Waals surface area contributed by atoms with E-state index in [4.69, 9.17) is 9.47 Å². The van der Waals surface area contributed by atoms with Gasteiger partial charge in [-0.05, 0) is 37.1 Å². The lowest BCUT2D eigenvalue weighted by Gasteiger charge is -2.17. The third-order valence-corrected chi connectivity index (χ3v) is 3.28. The van der Waals surface area contributed by atoms with Gasteiger partial charge in [0, 0.05) is 17.8 Å². The number of hydrogen-bond acceptors (Lipinski definition) is 3. The maximum atomic E-state index is 13.4.